The van der Waals surface area contributed by atoms with Crippen molar-refractivity contribution in [3.63, 3.8) is 0 Å². The fraction of sp³-hybridized carbons (Fsp3) is 0.357. The van der Waals surface area contributed by atoms with E-state index < -0.39 is 0 Å². The lowest BCUT2D eigenvalue weighted by molar-refractivity contribution is -0.133. The van der Waals surface area contributed by atoms with Gasteiger partial charge in [0.2, 0.25) is 0 Å². The van der Waals surface area contributed by atoms with Crippen molar-refractivity contribution in [3.05, 3.63) is 70.9 Å². The Labute approximate surface area is 226 Å². The summed E-state index contributed by atoms with van der Waals surface area (Å²) in [5, 5.41) is 6.24. The highest BCUT2D eigenvalue weighted by Gasteiger charge is 2.26. The smallest absolute Gasteiger partial charge is 0.260 e. The number of nitrogens with zero attached hydrogens (tertiary/aromatic N) is 6. The van der Waals surface area contributed by atoms with Crippen molar-refractivity contribution in [1.82, 2.24) is 24.6 Å². The van der Waals surface area contributed by atoms with Crippen molar-refractivity contribution in [2.75, 3.05) is 37.7 Å². The van der Waals surface area contributed by atoms with Crippen molar-refractivity contribution >= 4 is 34.4 Å². The minimum absolute atomic E-state index is 0.0237. The maximum absolute atomic E-state index is 13.6. The first-order valence-electron chi connectivity index (χ1n) is 12.9. The molecule has 198 valence electrons. The molecule has 2 aromatic carbocycles. The third kappa shape index (κ3) is 5.57. The number of aromatic nitrogens is 4. The number of aryl methyl sites for hydroxylation is 2. The van der Waals surface area contributed by atoms with E-state index in [9.17, 15) is 9.18 Å². The third-order valence-corrected chi connectivity index (χ3v) is 6.91. The fourth-order valence-electron chi connectivity index (χ4n) is 4.58. The molecular weight excluding hydrogens is 507 g/mol. The highest BCUT2D eigenvalue weighted by atomic mass is 35.5. The number of hydrogen-bond acceptors (Lipinski definition) is 6. The quantitative estimate of drug-likeness (QED) is 0.316. The van der Waals surface area contributed by atoms with Crippen LogP contribution in [-0.2, 0) is 11.2 Å². The monoisotopic (exact) mass is 536 g/mol. The first-order chi connectivity index (χ1) is 18.4. The van der Waals surface area contributed by atoms with E-state index in [4.69, 9.17) is 31.4 Å². The first-order valence-corrected chi connectivity index (χ1v) is 13.2. The van der Waals surface area contributed by atoms with Gasteiger partial charge in [0, 0.05) is 37.6 Å². The second kappa shape index (κ2) is 11.3. The molecule has 38 heavy (non-hydrogen) atoms. The molecule has 0 atom stereocenters. The molecule has 8 nitrogen and oxygen atoms in total. The summed E-state index contributed by atoms with van der Waals surface area (Å²) in [6.45, 7) is 6.44. The first kappa shape index (κ1) is 25.9. The van der Waals surface area contributed by atoms with Crippen molar-refractivity contribution in [2.24, 2.45) is 0 Å². The Morgan fingerprint density at radius 3 is 2.42 bits per heavy atom. The standard InChI is InChI=1S/C28H30ClFN6O2/c1-3-4-5-24-31-27(26-19(2)33-36(28(26)32-24)22-10-8-21(30)9-11-22)35-16-14-34(15-17-35)25(37)18-38-23-12-6-20(29)7-13-23/h6-13H,3-5,14-18H2,1-2H3. The molecule has 1 amide bonds. The number of rotatable bonds is 8. The molecule has 10 heteroatoms. The molecule has 5 rings (SSSR count). The maximum Gasteiger partial charge on any atom is 0.260 e. The minimum Gasteiger partial charge on any atom is -0.484 e. The average molecular weight is 537 g/mol. The van der Waals surface area contributed by atoms with Crippen LogP contribution < -0.4 is 9.64 Å². The summed E-state index contributed by atoms with van der Waals surface area (Å²) < 4.78 is 21.0. The van der Waals surface area contributed by atoms with Crippen LogP contribution >= 0.6 is 11.6 Å². The fourth-order valence-corrected chi connectivity index (χ4v) is 4.70. The van der Waals surface area contributed by atoms with Gasteiger partial charge in [0.15, 0.2) is 12.3 Å². The summed E-state index contributed by atoms with van der Waals surface area (Å²) in [4.78, 5) is 26.6. The van der Waals surface area contributed by atoms with Gasteiger partial charge in [-0.1, -0.05) is 24.9 Å². The molecule has 1 saturated heterocycles. The number of hydrogen-bond donors (Lipinski definition) is 0. The predicted octanol–water partition coefficient (Wildman–Crippen LogP) is 4.99. The Balaban J connectivity index is 1.36. The zero-order chi connectivity index (χ0) is 26.6. The van der Waals surface area contributed by atoms with E-state index in [0.29, 0.717) is 42.6 Å². The third-order valence-electron chi connectivity index (χ3n) is 6.66. The van der Waals surface area contributed by atoms with Gasteiger partial charge in [-0.3, -0.25) is 4.79 Å². The second-order valence-electron chi connectivity index (χ2n) is 9.35. The zero-order valence-corrected chi connectivity index (χ0v) is 22.3. The van der Waals surface area contributed by atoms with E-state index >= 15 is 0 Å². The number of carbonyl (C=O) groups is 1. The number of fused-ring (bicyclic) bond motifs is 1. The van der Waals surface area contributed by atoms with E-state index in [1.807, 2.05) is 11.8 Å². The molecule has 2 aromatic heterocycles. The largest absolute Gasteiger partial charge is 0.484 e. The Morgan fingerprint density at radius 1 is 1.03 bits per heavy atom. The Bertz CT molecular complexity index is 1420. The van der Waals surface area contributed by atoms with Crippen LogP contribution in [0.2, 0.25) is 5.02 Å². The van der Waals surface area contributed by atoms with Crippen molar-refractivity contribution in [2.45, 2.75) is 33.1 Å². The van der Waals surface area contributed by atoms with Crippen LogP contribution in [0.5, 0.6) is 5.75 Å². The van der Waals surface area contributed by atoms with Gasteiger partial charge in [0.25, 0.3) is 5.91 Å². The summed E-state index contributed by atoms with van der Waals surface area (Å²) in [5.41, 5.74) is 2.25. The molecule has 0 unspecified atom stereocenters. The molecule has 0 N–H and O–H groups in total. The summed E-state index contributed by atoms with van der Waals surface area (Å²) in [7, 11) is 0. The van der Waals surface area contributed by atoms with Crippen LogP contribution in [0, 0.1) is 12.7 Å². The molecule has 3 heterocycles. The molecular formula is C28H30ClFN6O2. The van der Waals surface area contributed by atoms with Crippen molar-refractivity contribution in [1.29, 1.82) is 0 Å². The average Bonchev–Trinajstić information content (AvgIpc) is 3.27. The van der Waals surface area contributed by atoms with Crippen LogP contribution in [0.3, 0.4) is 0 Å². The lowest BCUT2D eigenvalue weighted by Gasteiger charge is -2.35. The van der Waals surface area contributed by atoms with Gasteiger partial charge >= 0.3 is 0 Å². The van der Waals surface area contributed by atoms with Crippen LogP contribution in [0.4, 0.5) is 10.2 Å². The van der Waals surface area contributed by atoms with Gasteiger partial charge in [0.1, 0.15) is 23.2 Å². The van der Waals surface area contributed by atoms with Crippen molar-refractivity contribution < 1.29 is 13.9 Å². The van der Waals surface area contributed by atoms with Gasteiger partial charge in [-0.25, -0.2) is 19.0 Å². The molecule has 0 aliphatic carbocycles. The molecule has 1 aliphatic rings. The number of amides is 1. The van der Waals surface area contributed by atoms with E-state index in [1.54, 1.807) is 41.1 Å². The summed E-state index contributed by atoms with van der Waals surface area (Å²) in [6.07, 6.45) is 2.77. The summed E-state index contributed by atoms with van der Waals surface area (Å²) >= 11 is 5.92. The number of unbranched alkanes of at least 4 members (excludes halogenated alkanes) is 1. The highest BCUT2D eigenvalue weighted by molar-refractivity contribution is 6.30. The number of benzene rings is 2. The lowest BCUT2D eigenvalue weighted by atomic mass is 10.2. The van der Waals surface area contributed by atoms with Gasteiger partial charge < -0.3 is 14.5 Å². The van der Waals surface area contributed by atoms with Crippen LogP contribution in [0.15, 0.2) is 48.5 Å². The Hall–Kier alpha value is -3.72. The molecule has 0 radical (unpaired) electrons. The van der Waals surface area contributed by atoms with Crippen LogP contribution in [-0.4, -0.2) is 63.3 Å². The molecule has 0 spiro atoms. The van der Waals surface area contributed by atoms with Crippen LogP contribution in [0.25, 0.3) is 16.7 Å². The molecule has 1 fully saturated rings. The normalized spacial score (nSPS) is 13.8. The summed E-state index contributed by atoms with van der Waals surface area (Å²) in [5.74, 6) is 1.84. The maximum atomic E-state index is 13.6. The predicted molar refractivity (Wildman–Crippen MR) is 146 cm³/mol. The number of ether oxygens (including phenoxy) is 1. The Kier molecular flexibility index (Phi) is 7.74. The van der Waals surface area contributed by atoms with E-state index in [2.05, 4.69) is 11.8 Å². The summed E-state index contributed by atoms with van der Waals surface area (Å²) in [6, 6.07) is 13.2. The van der Waals surface area contributed by atoms with Crippen LogP contribution in [0.1, 0.15) is 31.3 Å². The van der Waals surface area contributed by atoms with Gasteiger partial charge in [-0.05, 0) is 61.9 Å². The van der Waals surface area contributed by atoms with E-state index in [0.717, 1.165) is 47.7 Å². The second-order valence-corrected chi connectivity index (χ2v) is 9.79. The SMILES string of the molecule is CCCCc1nc(N2CCN(C(=O)COc3ccc(Cl)cc3)CC2)c2c(C)nn(-c3ccc(F)cc3)c2n1. The number of halogens is 2. The Morgan fingerprint density at radius 2 is 1.74 bits per heavy atom. The zero-order valence-electron chi connectivity index (χ0n) is 21.5. The number of carbonyl (C=O) groups excluding carboxylic acids is 1. The van der Waals surface area contributed by atoms with Crippen molar-refractivity contribution in [3.8, 4) is 11.4 Å². The molecule has 4 aromatic rings. The highest BCUT2D eigenvalue weighted by Crippen LogP contribution is 2.30. The number of piperazine rings is 1. The minimum atomic E-state index is -0.299. The molecule has 0 saturated carbocycles. The molecule has 1 aliphatic heterocycles. The van der Waals surface area contributed by atoms with Gasteiger partial charge in [-0.15, -0.1) is 0 Å². The number of anilines is 1. The van der Waals surface area contributed by atoms with Gasteiger partial charge in [0.05, 0.1) is 16.8 Å². The van der Waals surface area contributed by atoms with Gasteiger partial charge in [-0.2, -0.15) is 5.10 Å². The topological polar surface area (TPSA) is 76.4 Å². The lowest BCUT2D eigenvalue weighted by Crippen LogP contribution is -2.50. The molecule has 0 bridgehead atoms. The van der Waals surface area contributed by atoms with E-state index in [1.165, 1.54) is 12.1 Å². The van der Waals surface area contributed by atoms with E-state index in [-0.39, 0.29) is 18.3 Å².